The Morgan fingerprint density at radius 3 is 2.92 bits per heavy atom. The normalized spacial score (nSPS) is 22.8. The van der Waals surface area contributed by atoms with Gasteiger partial charge in [-0.25, -0.2) is 0 Å². The number of furan rings is 1. The predicted molar refractivity (Wildman–Crippen MR) is 49.9 cm³/mol. The van der Waals surface area contributed by atoms with Crippen molar-refractivity contribution in [3.05, 3.63) is 22.6 Å². The standard InChI is InChI=1S/C8H9BrN2O2/c1-11-7(12)4-10-8(11)5-2-3-6(9)13-5/h2-3,8,10H,4H2,1H3. The number of carbonyl (C=O) groups is 1. The summed E-state index contributed by atoms with van der Waals surface area (Å²) in [5.41, 5.74) is 0. The summed E-state index contributed by atoms with van der Waals surface area (Å²) < 4.78 is 6.02. The Kier molecular flexibility index (Phi) is 2.13. The highest BCUT2D eigenvalue weighted by atomic mass is 79.9. The Labute approximate surface area is 84.0 Å². The molecule has 1 aromatic rings. The van der Waals surface area contributed by atoms with E-state index in [4.69, 9.17) is 4.42 Å². The van der Waals surface area contributed by atoms with Crippen molar-refractivity contribution in [2.75, 3.05) is 13.6 Å². The van der Waals surface area contributed by atoms with E-state index in [2.05, 4.69) is 21.2 Å². The number of carbonyl (C=O) groups excluding carboxylic acids is 1. The fourth-order valence-corrected chi connectivity index (χ4v) is 1.68. The highest BCUT2D eigenvalue weighted by Gasteiger charge is 2.30. The van der Waals surface area contributed by atoms with Crippen molar-refractivity contribution >= 4 is 21.8 Å². The molecular formula is C8H9BrN2O2. The summed E-state index contributed by atoms with van der Waals surface area (Å²) in [5.74, 6) is 0.831. The third kappa shape index (κ3) is 1.49. The zero-order valence-electron chi connectivity index (χ0n) is 7.08. The Bertz CT molecular complexity index is 337. The van der Waals surface area contributed by atoms with Crippen molar-refractivity contribution in [1.82, 2.24) is 10.2 Å². The molecule has 1 aliphatic rings. The Morgan fingerprint density at radius 2 is 2.46 bits per heavy atom. The predicted octanol–water partition coefficient (Wildman–Crippen LogP) is 1.10. The van der Waals surface area contributed by atoms with Gasteiger partial charge >= 0.3 is 0 Å². The van der Waals surface area contributed by atoms with Crippen LogP contribution in [-0.4, -0.2) is 24.4 Å². The van der Waals surface area contributed by atoms with Gasteiger partial charge in [-0.15, -0.1) is 0 Å². The van der Waals surface area contributed by atoms with Crippen LogP contribution in [0.5, 0.6) is 0 Å². The molecule has 5 heteroatoms. The lowest BCUT2D eigenvalue weighted by molar-refractivity contribution is -0.126. The third-order valence-electron chi connectivity index (χ3n) is 2.09. The first-order valence-electron chi connectivity index (χ1n) is 3.93. The molecule has 0 aromatic carbocycles. The topological polar surface area (TPSA) is 45.5 Å². The second-order valence-electron chi connectivity index (χ2n) is 2.93. The van der Waals surface area contributed by atoms with E-state index in [0.29, 0.717) is 11.2 Å². The van der Waals surface area contributed by atoms with Gasteiger partial charge < -0.3 is 9.32 Å². The number of nitrogens with one attached hydrogen (secondary N) is 1. The van der Waals surface area contributed by atoms with Gasteiger partial charge in [-0.05, 0) is 28.1 Å². The molecule has 0 spiro atoms. The van der Waals surface area contributed by atoms with E-state index in [1.807, 2.05) is 12.1 Å². The van der Waals surface area contributed by atoms with Crippen molar-refractivity contribution < 1.29 is 9.21 Å². The van der Waals surface area contributed by atoms with Gasteiger partial charge in [-0.3, -0.25) is 10.1 Å². The molecule has 70 valence electrons. The van der Waals surface area contributed by atoms with Gasteiger partial charge in [-0.1, -0.05) is 0 Å². The molecule has 0 saturated carbocycles. The average molecular weight is 245 g/mol. The van der Waals surface area contributed by atoms with Crippen LogP contribution in [0.1, 0.15) is 11.9 Å². The van der Waals surface area contributed by atoms with Crippen LogP contribution in [0.3, 0.4) is 0 Å². The highest BCUT2D eigenvalue weighted by molar-refractivity contribution is 9.10. The zero-order chi connectivity index (χ0) is 9.42. The number of halogens is 1. The largest absolute Gasteiger partial charge is 0.451 e. The van der Waals surface area contributed by atoms with Crippen LogP contribution in [0.25, 0.3) is 0 Å². The first-order chi connectivity index (χ1) is 6.18. The molecule has 1 unspecified atom stereocenters. The van der Waals surface area contributed by atoms with Gasteiger partial charge in [0.2, 0.25) is 5.91 Å². The van der Waals surface area contributed by atoms with Crippen LogP contribution < -0.4 is 5.32 Å². The van der Waals surface area contributed by atoms with Crippen molar-refractivity contribution in [2.24, 2.45) is 0 Å². The molecule has 1 N–H and O–H groups in total. The number of nitrogens with zero attached hydrogens (tertiary/aromatic N) is 1. The lowest BCUT2D eigenvalue weighted by Gasteiger charge is -2.16. The van der Waals surface area contributed by atoms with Crippen LogP contribution >= 0.6 is 15.9 Å². The van der Waals surface area contributed by atoms with Crippen LogP contribution in [0.15, 0.2) is 21.2 Å². The van der Waals surface area contributed by atoms with Gasteiger partial charge in [0.15, 0.2) is 4.67 Å². The van der Waals surface area contributed by atoms with E-state index in [1.165, 1.54) is 0 Å². The minimum absolute atomic E-state index is 0.0810. The van der Waals surface area contributed by atoms with Gasteiger partial charge in [0, 0.05) is 7.05 Å². The lowest BCUT2D eigenvalue weighted by atomic mass is 10.3. The molecule has 1 atom stereocenters. The molecule has 0 radical (unpaired) electrons. The first kappa shape index (κ1) is 8.77. The van der Waals surface area contributed by atoms with Gasteiger partial charge in [-0.2, -0.15) is 0 Å². The molecular weight excluding hydrogens is 236 g/mol. The molecule has 0 bridgehead atoms. The molecule has 1 aliphatic heterocycles. The fourth-order valence-electron chi connectivity index (χ4n) is 1.36. The molecule has 1 saturated heterocycles. The summed E-state index contributed by atoms with van der Waals surface area (Å²) in [4.78, 5) is 12.8. The summed E-state index contributed by atoms with van der Waals surface area (Å²) in [5, 5.41) is 3.05. The van der Waals surface area contributed by atoms with Gasteiger partial charge in [0.25, 0.3) is 0 Å². The Hall–Kier alpha value is -0.810. The summed E-state index contributed by atoms with van der Waals surface area (Å²) >= 11 is 3.22. The summed E-state index contributed by atoms with van der Waals surface area (Å²) in [7, 11) is 1.75. The van der Waals surface area contributed by atoms with E-state index in [0.717, 1.165) is 5.76 Å². The molecule has 4 nitrogen and oxygen atoms in total. The van der Waals surface area contributed by atoms with Crippen molar-refractivity contribution in [1.29, 1.82) is 0 Å². The van der Waals surface area contributed by atoms with Crippen LogP contribution in [0, 0.1) is 0 Å². The monoisotopic (exact) mass is 244 g/mol. The maximum Gasteiger partial charge on any atom is 0.237 e. The molecule has 2 rings (SSSR count). The third-order valence-corrected chi connectivity index (χ3v) is 2.52. The summed E-state index contributed by atoms with van der Waals surface area (Å²) in [6.45, 7) is 0.374. The summed E-state index contributed by atoms with van der Waals surface area (Å²) in [6, 6.07) is 3.66. The van der Waals surface area contributed by atoms with Gasteiger partial charge in [0.1, 0.15) is 11.9 Å². The average Bonchev–Trinajstić information content (AvgIpc) is 2.62. The Morgan fingerprint density at radius 1 is 1.69 bits per heavy atom. The zero-order valence-corrected chi connectivity index (χ0v) is 8.67. The lowest BCUT2D eigenvalue weighted by Crippen LogP contribution is -2.25. The molecule has 1 aromatic heterocycles. The minimum Gasteiger partial charge on any atom is -0.451 e. The van der Waals surface area contributed by atoms with Crippen LogP contribution in [0.4, 0.5) is 0 Å². The Balaban J connectivity index is 2.23. The number of hydrogen-bond acceptors (Lipinski definition) is 3. The SMILES string of the molecule is CN1C(=O)CNC1c1ccc(Br)o1. The highest BCUT2D eigenvalue weighted by Crippen LogP contribution is 2.24. The number of amides is 1. The fraction of sp³-hybridized carbons (Fsp3) is 0.375. The van der Waals surface area contributed by atoms with Crippen LogP contribution in [0.2, 0.25) is 0 Å². The van der Waals surface area contributed by atoms with E-state index >= 15 is 0 Å². The molecule has 2 heterocycles. The maximum absolute atomic E-state index is 11.2. The number of hydrogen-bond donors (Lipinski definition) is 1. The minimum atomic E-state index is -0.126. The smallest absolute Gasteiger partial charge is 0.237 e. The van der Waals surface area contributed by atoms with E-state index < -0.39 is 0 Å². The molecule has 1 fully saturated rings. The van der Waals surface area contributed by atoms with Crippen molar-refractivity contribution in [3.63, 3.8) is 0 Å². The second-order valence-corrected chi connectivity index (χ2v) is 3.71. The van der Waals surface area contributed by atoms with E-state index in [9.17, 15) is 4.79 Å². The summed E-state index contributed by atoms with van der Waals surface area (Å²) in [6.07, 6.45) is -0.126. The van der Waals surface area contributed by atoms with E-state index in [-0.39, 0.29) is 12.1 Å². The second kappa shape index (κ2) is 3.16. The number of rotatable bonds is 1. The van der Waals surface area contributed by atoms with Crippen molar-refractivity contribution in [2.45, 2.75) is 6.17 Å². The molecule has 13 heavy (non-hydrogen) atoms. The van der Waals surface area contributed by atoms with Gasteiger partial charge in [0.05, 0.1) is 6.54 Å². The maximum atomic E-state index is 11.2. The van der Waals surface area contributed by atoms with E-state index in [1.54, 1.807) is 11.9 Å². The quantitative estimate of drug-likeness (QED) is 0.805. The molecule has 0 aliphatic carbocycles. The first-order valence-corrected chi connectivity index (χ1v) is 4.72. The van der Waals surface area contributed by atoms with Crippen molar-refractivity contribution in [3.8, 4) is 0 Å². The molecule has 1 amide bonds. The van der Waals surface area contributed by atoms with Crippen LogP contribution in [-0.2, 0) is 4.79 Å². The number of likely N-dealkylation sites (N-methyl/N-ethyl adjacent to an activating group) is 1.